The molecule has 2 aliphatic heterocycles. The van der Waals surface area contributed by atoms with Crippen LogP contribution in [0.5, 0.6) is 0 Å². The van der Waals surface area contributed by atoms with Crippen molar-refractivity contribution in [2.75, 3.05) is 6.61 Å². The second-order valence-electron chi connectivity index (χ2n) is 11.9. The van der Waals surface area contributed by atoms with Gasteiger partial charge in [-0.25, -0.2) is 4.79 Å². The predicted octanol–water partition coefficient (Wildman–Crippen LogP) is 3.97. The van der Waals surface area contributed by atoms with Crippen LogP contribution in [0.2, 0.25) is 0 Å². The summed E-state index contributed by atoms with van der Waals surface area (Å²) in [5.41, 5.74) is 2.47. The average Bonchev–Trinajstić information content (AvgIpc) is 3.62. The van der Waals surface area contributed by atoms with Crippen molar-refractivity contribution in [1.29, 1.82) is 0 Å². The summed E-state index contributed by atoms with van der Waals surface area (Å²) in [7, 11) is 0. The molecule has 9 atom stereocenters. The Morgan fingerprint density at radius 3 is 2.38 bits per heavy atom. The molecule has 0 aromatic rings. The molecule has 0 bridgehead atoms. The minimum Gasteiger partial charge on any atom is -0.457 e. The van der Waals surface area contributed by atoms with Crippen LogP contribution in [0.3, 0.4) is 0 Å². The molecule has 226 valence electrons. The number of aliphatic hydroxyl groups is 4. The van der Waals surface area contributed by atoms with Crippen LogP contribution in [0.4, 0.5) is 0 Å². The van der Waals surface area contributed by atoms with E-state index in [-0.39, 0.29) is 31.0 Å². The molecule has 8 heteroatoms. The van der Waals surface area contributed by atoms with Crippen molar-refractivity contribution in [3.63, 3.8) is 0 Å². The molecule has 0 radical (unpaired) electrons. The maximum absolute atomic E-state index is 12.6. The fraction of sp³-hybridized carbons (Fsp3) is 0.688. The number of epoxide rings is 1. The summed E-state index contributed by atoms with van der Waals surface area (Å²) in [5, 5.41) is 41.3. The third-order valence-electron chi connectivity index (χ3n) is 7.92. The molecule has 0 aliphatic carbocycles. The molecule has 0 aromatic carbocycles. The maximum atomic E-state index is 12.6. The van der Waals surface area contributed by atoms with Gasteiger partial charge in [0, 0.05) is 12.0 Å². The van der Waals surface area contributed by atoms with Crippen LogP contribution in [0.25, 0.3) is 0 Å². The fourth-order valence-corrected chi connectivity index (χ4v) is 5.17. The zero-order valence-corrected chi connectivity index (χ0v) is 24.8. The second kappa shape index (κ2) is 16.4. The molecule has 2 heterocycles. The number of fused-ring (bicyclic) bond motifs is 1. The molecule has 2 aliphatic rings. The summed E-state index contributed by atoms with van der Waals surface area (Å²) in [6.07, 6.45) is 6.52. The van der Waals surface area contributed by atoms with Crippen LogP contribution < -0.4 is 0 Å². The standard InChI is InChI=1S/C32H50O8/c1-19-12-20(2)14-29-28(40-29)11-9-7-8-10-21(3)32(38)39-26(18-33)16-24(6)30(36)31(37)27(35)17-25(34)15-23(5)22(4)13-19/h9-11,13,20,23-26,28-31,33-34,36-37H,1,7-8,12,14-18H2,2-6H3/b11-9+,21-10+,22-13+/t20?,23-,24-,25-,26-,28+,29+,30+,31+/m1/s1. The van der Waals surface area contributed by atoms with Crippen molar-refractivity contribution in [3.05, 3.63) is 47.6 Å². The summed E-state index contributed by atoms with van der Waals surface area (Å²) in [4.78, 5) is 25.1. The van der Waals surface area contributed by atoms with E-state index < -0.39 is 48.7 Å². The number of carbonyl (C=O) groups excluding carboxylic acids is 2. The fourth-order valence-electron chi connectivity index (χ4n) is 5.17. The molecule has 0 saturated carbocycles. The van der Waals surface area contributed by atoms with Crippen LogP contribution in [-0.2, 0) is 19.1 Å². The first kappa shape index (κ1) is 34.1. The van der Waals surface area contributed by atoms with Gasteiger partial charge in [-0.1, -0.05) is 62.8 Å². The zero-order valence-electron chi connectivity index (χ0n) is 24.8. The number of esters is 1. The third kappa shape index (κ3) is 11.4. The summed E-state index contributed by atoms with van der Waals surface area (Å²) >= 11 is 0. The summed E-state index contributed by atoms with van der Waals surface area (Å²) < 4.78 is 11.2. The van der Waals surface area contributed by atoms with Gasteiger partial charge in [-0.05, 0) is 70.1 Å². The van der Waals surface area contributed by atoms with Crippen LogP contribution in [-0.4, -0.2) is 75.4 Å². The van der Waals surface area contributed by atoms with Gasteiger partial charge in [0.1, 0.15) is 18.3 Å². The van der Waals surface area contributed by atoms with Gasteiger partial charge in [0.25, 0.3) is 0 Å². The van der Waals surface area contributed by atoms with Gasteiger partial charge < -0.3 is 29.9 Å². The first-order chi connectivity index (χ1) is 18.8. The number of ketones is 1. The van der Waals surface area contributed by atoms with Gasteiger partial charge >= 0.3 is 5.97 Å². The maximum Gasteiger partial charge on any atom is 0.333 e. The minimum absolute atomic E-state index is 0.00630. The average molecular weight is 563 g/mol. The monoisotopic (exact) mass is 562 g/mol. The van der Waals surface area contributed by atoms with Crippen LogP contribution in [0.1, 0.15) is 79.6 Å². The summed E-state index contributed by atoms with van der Waals surface area (Å²) in [5.74, 6) is -1.49. The van der Waals surface area contributed by atoms with Crippen molar-refractivity contribution in [3.8, 4) is 0 Å². The van der Waals surface area contributed by atoms with Gasteiger partial charge in [-0.3, -0.25) is 4.79 Å². The third-order valence-corrected chi connectivity index (χ3v) is 7.92. The van der Waals surface area contributed by atoms with E-state index in [1.165, 1.54) is 0 Å². The first-order valence-corrected chi connectivity index (χ1v) is 14.6. The van der Waals surface area contributed by atoms with E-state index in [2.05, 4.69) is 25.7 Å². The lowest BCUT2D eigenvalue weighted by Crippen LogP contribution is -2.41. The second-order valence-corrected chi connectivity index (χ2v) is 11.9. The molecule has 8 nitrogen and oxygen atoms in total. The van der Waals surface area contributed by atoms with Gasteiger partial charge in [0.05, 0.1) is 24.9 Å². The zero-order chi connectivity index (χ0) is 30.0. The number of Topliss-reactive ketones (excluding diaryl/α,β-unsaturated/α-hetero) is 1. The lowest BCUT2D eigenvalue weighted by Gasteiger charge is -2.27. The Balaban J connectivity index is 2.13. The molecular weight excluding hydrogens is 512 g/mol. The summed E-state index contributed by atoms with van der Waals surface area (Å²) in [6, 6.07) is 0. The number of cyclic esters (lactones) is 1. The Bertz CT molecular complexity index is 951. The number of ether oxygens (including phenoxy) is 2. The highest BCUT2D eigenvalue weighted by Gasteiger charge is 2.37. The van der Waals surface area contributed by atoms with Crippen molar-refractivity contribution < 1.29 is 39.5 Å². The Labute approximate surface area is 239 Å². The summed E-state index contributed by atoms with van der Waals surface area (Å²) in [6.45, 7) is 13.1. The number of hydrogen-bond donors (Lipinski definition) is 4. The Morgan fingerprint density at radius 2 is 1.70 bits per heavy atom. The quantitative estimate of drug-likeness (QED) is 0.214. The first-order valence-electron chi connectivity index (χ1n) is 14.6. The van der Waals surface area contributed by atoms with Gasteiger partial charge in [0.2, 0.25) is 0 Å². The molecular formula is C32H50O8. The Kier molecular flexibility index (Phi) is 14.0. The lowest BCUT2D eigenvalue weighted by molar-refractivity contribution is -0.149. The number of carbonyl (C=O) groups is 2. The molecule has 0 aromatic heterocycles. The van der Waals surface area contributed by atoms with Gasteiger partial charge in [0.15, 0.2) is 5.78 Å². The molecule has 0 amide bonds. The normalized spacial score (nSPS) is 40.1. The Hall–Kier alpha value is -2.10. The smallest absolute Gasteiger partial charge is 0.333 e. The van der Waals surface area contributed by atoms with E-state index in [0.717, 1.165) is 30.4 Å². The van der Waals surface area contributed by atoms with Gasteiger partial charge in [-0.2, -0.15) is 0 Å². The number of rotatable bonds is 1. The van der Waals surface area contributed by atoms with Crippen LogP contribution in [0, 0.1) is 17.8 Å². The highest BCUT2D eigenvalue weighted by Crippen LogP contribution is 2.32. The molecule has 2 rings (SSSR count). The topological polar surface area (TPSA) is 137 Å². The SMILES string of the molecule is C=C1/C=C(\C)[C@H](C)C[C@@H](O)CC(=O)[C@H](O)[C@@H](O)[C@H](C)C[C@H](CO)OC(=O)/C(C)=C/CC/C=C/[C@@H]2O[C@H]2CC(C)C1. The van der Waals surface area contributed by atoms with E-state index in [1.54, 1.807) is 19.9 Å². The van der Waals surface area contributed by atoms with Crippen molar-refractivity contribution >= 4 is 11.8 Å². The van der Waals surface area contributed by atoms with E-state index in [1.807, 2.05) is 19.9 Å². The number of allylic oxidation sites excluding steroid dienone is 5. The van der Waals surface area contributed by atoms with Crippen LogP contribution >= 0.6 is 0 Å². The van der Waals surface area contributed by atoms with Crippen molar-refractivity contribution in [2.24, 2.45) is 17.8 Å². The molecule has 0 spiro atoms. The number of aliphatic hydroxyl groups excluding tert-OH is 4. The molecule has 4 N–H and O–H groups in total. The highest BCUT2D eigenvalue weighted by molar-refractivity contribution is 5.87. The van der Waals surface area contributed by atoms with E-state index in [0.29, 0.717) is 24.3 Å². The molecule has 1 unspecified atom stereocenters. The number of hydrogen-bond acceptors (Lipinski definition) is 8. The van der Waals surface area contributed by atoms with Crippen molar-refractivity contribution in [2.45, 2.75) is 116 Å². The van der Waals surface area contributed by atoms with E-state index >= 15 is 0 Å². The minimum atomic E-state index is -1.70. The van der Waals surface area contributed by atoms with Gasteiger partial charge in [-0.15, -0.1) is 0 Å². The largest absolute Gasteiger partial charge is 0.457 e. The highest BCUT2D eigenvalue weighted by atomic mass is 16.6. The van der Waals surface area contributed by atoms with E-state index in [4.69, 9.17) is 9.47 Å². The predicted molar refractivity (Wildman–Crippen MR) is 154 cm³/mol. The Morgan fingerprint density at radius 1 is 1.00 bits per heavy atom. The lowest BCUT2D eigenvalue weighted by atomic mass is 9.88. The molecule has 1 fully saturated rings. The van der Waals surface area contributed by atoms with Crippen LogP contribution in [0.15, 0.2) is 47.6 Å². The van der Waals surface area contributed by atoms with Crippen molar-refractivity contribution in [1.82, 2.24) is 0 Å². The van der Waals surface area contributed by atoms with E-state index in [9.17, 15) is 30.0 Å². The molecule has 40 heavy (non-hydrogen) atoms. The molecule has 1 saturated heterocycles.